The summed E-state index contributed by atoms with van der Waals surface area (Å²) in [5.74, 6) is 1.76. The fourth-order valence-corrected chi connectivity index (χ4v) is 3.61. The van der Waals surface area contributed by atoms with Gasteiger partial charge < -0.3 is 4.90 Å². The van der Waals surface area contributed by atoms with Gasteiger partial charge in [0.15, 0.2) is 0 Å². The Morgan fingerprint density at radius 3 is 2.59 bits per heavy atom. The average Bonchev–Trinajstić information content (AvgIpc) is 3.33. The van der Waals surface area contributed by atoms with Crippen LogP contribution < -0.4 is 0 Å². The topological polar surface area (TPSA) is 23.6 Å². The molecule has 1 heterocycles. The lowest BCUT2D eigenvalue weighted by Crippen LogP contribution is -2.53. The van der Waals surface area contributed by atoms with Crippen LogP contribution in [0.1, 0.15) is 38.7 Å². The van der Waals surface area contributed by atoms with Crippen LogP contribution >= 0.6 is 0 Å². The van der Waals surface area contributed by atoms with E-state index in [9.17, 15) is 4.79 Å². The summed E-state index contributed by atoms with van der Waals surface area (Å²) in [4.78, 5) is 17.1. The summed E-state index contributed by atoms with van der Waals surface area (Å²) in [7, 11) is 0. The second kappa shape index (κ2) is 6.82. The number of hydrogen-bond acceptors (Lipinski definition) is 2. The van der Waals surface area contributed by atoms with Crippen molar-refractivity contribution in [3.63, 3.8) is 0 Å². The first kappa shape index (κ1) is 15.5. The highest BCUT2D eigenvalue weighted by atomic mass is 16.2. The van der Waals surface area contributed by atoms with Crippen LogP contribution in [0, 0.1) is 11.8 Å². The smallest absolute Gasteiger partial charge is 0.223 e. The van der Waals surface area contributed by atoms with Crippen LogP contribution in [-0.2, 0) is 11.3 Å². The van der Waals surface area contributed by atoms with E-state index in [0.29, 0.717) is 17.9 Å². The van der Waals surface area contributed by atoms with E-state index in [1.54, 1.807) is 0 Å². The van der Waals surface area contributed by atoms with Crippen molar-refractivity contribution in [2.75, 3.05) is 19.6 Å². The van der Waals surface area contributed by atoms with E-state index in [-0.39, 0.29) is 0 Å². The largest absolute Gasteiger partial charge is 0.337 e. The molecule has 1 saturated heterocycles. The minimum atomic E-state index is 0.330. The number of nitrogens with zero attached hydrogens (tertiary/aromatic N) is 2. The Bertz CT molecular complexity index is 497. The predicted molar refractivity (Wildman–Crippen MR) is 89.4 cm³/mol. The Labute approximate surface area is 134 Å². The summed E-state index contributed by atoms with van der Waals surface area (Å²) in [6, 6.07) is 10.9. The van der Waals surface area contributed by atoms with Gasteiger partial charge in [0.1, 0.15) is 0 Å². The molecule has 1 aromatic rings. The van der Waals surface area contributed by atoms with Crippen molar-refractivity contribution in [1.29, 1.82) is 0 Å². The van der Waals surface area contributed by atoms with Crippen molar-refractivity contribution < 1.29 is 4.79 Å². The van der Waals surface area contributed by atoms with E-state index in [2.05, 4.69) is 54.0 Å². The Hall–Kier alpha value is -1.35. The molecule has 1 unspecified atom stereocenters. The van der Waals surface area contributed by atoms with Gasteiger partial charge in [-0.05, 0) is 37.2 Å². The zero-order valence-corrected chi connectivity index (χ0v) is 13.9. The molecule has 0 N–H and O–H groups in total. The van der Waals surface area contributed by atoms with Gasteiger partial charge in [0.25, 0.3) is 0 Å². The highest BCUT2D eigenvalue weighted by Crippen LogP contribution is 2.38. The fourth-order valence-electron chi connectivity index (χ4n) is 3.61. The lowest BCUT2D eigenvalue weighted by Gasteiger charge is -2.40. The van der Waals surface area contributed by atoms with E-state index < -0.39 is 0 Å². The standard InChI is InChI=1S/C19H28N2O/c1-15(18-8-9-18)12-19(22)21-11-10-20(13-16(21)2)14-17-6-4-3-5-7-17/h3-7,15-16,18H,8-14H2,1-2H3/t15?,16-/m1/s1. The van der Waals surface area contributed by atoms with Crippen LogP contribution in [0.4, 0.5) is 0 Å². The maximum atomic E-state index is 12.5. The molecule has 1 aliphatic heterocycles. The quantitative estimate of drug-likeness (QED) is 0.834. The summed E-state index contributed by atoms with van der Waals surface area (Å²) in [6.45, 7) is 8.28. The maximum absolute atomic E-state index is 12.5. The molecule has 1 saturated carbocycles. The van der Waals surface area contributed by atoms with E-state index in [1.807, 2.05) is 0 Å². The molecule has 1 aromatic carbocycles. The summed E-state index contributed by atoms with van der Waals surface area (Å²) >= 11 is 0. The number of carbonyl (C=O) groups excluding carboxylic acids is 1. The van der Waals surface area contributed by atoms with Crippen LogP contribution in [0.25, 0.3) is 0 Å². The van der Waals surface area contributed by atoms with Gasteiger partial charge in [-0.25, -0.2) is 0 Å². The lowest BCUT2D eigenvalue weighted by atomic mass is 10.0. The van der Waals surface area contributed by atoms with Crippen molar-refractivity contribution in [2.45, 2.75) is 45.7 Å². The molecule has 3 nitrogen and oxygen atoms in total. The molecular formula is C19H28N2O. The SMILES string of the molecule is CC(CC(=O)N1CCN(Cc2ccccc2)C[C@H]1C)C1CC1. The minimum absolute atomic E-state index is 0.330. The lowest BCUT2D eigenvalue weighted by molar-refractivity contribution is -0.136. The van der Waals surface area contributed by atoms with Crippen molar-refractivity contribution >= 4 is 5.91 Å². The van der Waals surface area contributed by atoms with E-state index in [4.69, 9.17) is 0 Å². The van der Waals surface area contributed by atoms with Gasteiger partial charge in [-0.1, -0.05) is 37.3 Å². The molecule has 3 heteroatoms. The molecular weight excluding hydrogens is 272 g/mol. The van der Waals surface area contributed by atoms with Crippen molar-refractivity contribution in [3.8, 4) is 0 Å². The first-order valence-electron chi connectivity index (χ1n) is 8.69. The van der Waals surface area contributed by atoms with Crippen LogP contribution in [-0.4, -0.2) is 41.4 Å². The van der Waals surface area contributed by atoms with Crippen molar-refractivity contribution in [3.05, 3.63) is 35.9 Å². The zero-order valence-electron chi connectivity index (χ0n) is 13.9. The molecule has 0 radical (unpaired) electrons. The van der Waals surface area contributed by atoms with Gasteiger partial charge in [-0.15, -0.1) is 0 Å². The predicted octanol–water partition coefficient (Wildman–Crippen LogP) is 3.16. The van der Waals surface area contributed by atoms with Crippen LogP contribution in [0.3, 0.4) is 0 Å². The van der Waals surface area contributed by atoms with E-state index >= 15 is 0 Å². The summed E-state index contributed by atoms with van der Waals surface area (Å²) < 4.78 is 0. The van der Waals surface area contributed by atoms with Gasteiger partial charge in [-0.2, -0.15) is 0 Å². The number of benzene rings is 1. The molecule has 0 aromatic heterocycles. The minimum Gasteiger partial charge on any atom is -0.337 e. The summed E-state index contributed by atoms with van der Waals surface area (Å²) in [5, 5.41) is 0. The molecule has 3 rings (SSSR count). The van der Waals surface area contributed by atoms with Crippen LogP contribution in [0.15, 0.2) is 30.3 Å². The fraction of sp³-hybridized carbons (Fsp3) is 0.632. The highest BCUT2D eigenvalue weighted by molar-refractivity contribution is 5.77. The Morgan fingerprint density at radius 1 is 1.23 bits per heavy atom. The van der Waals surface area contributed by atoms with Crippen LogP contribution in [0.5, 0.6) is 0 Å². The summed E-state index contributed by atoms with van der Waals surface area (Å²) in [6.07, 6.45) is 3.40. The van der Waals surface area contributed by atoms with Gasteiger partial charge in [0.2, 0.25) is 5.91 Å². The molecule has 2 atom stereocenters. The average molecular weight is 300 g/mol. The molecule has 22 heavy (non-hydrogen) atoms. The maximum Gasteiger partial charge on any atom is 0.223 e. The van der Waals surface area contributed by atoms with Crippen molar-refractivity contribution in [2.24, 2.45) is 11.8 Å². The highest BCUT2D eigenvalue weighted by Gasteiger charge is 2.33. The van der Waals surface area contributed by atoms with E-state index in [0.717, 1.165) is 38.5 Å². The Balaban J connectivity index is 1.50. The first-order valence-corrected chi connectivity index (χ1v) is 8.69. The number of amides is 1. The first-order chi connectivity index (χ1) is 10.6. The zero-order chi connectivity index (χ0) is 15.5. The third kappa shape index (κ3) is 3.89. The van der Waals surface area contributed by atoms with E-state index in [1.165, 1.54) is 18.4 Å². The second-order valence-corrected chi connectivity index (χ2v) is 7.18. The van der Waals surface area contributed by atoms with Crippen molar-refractivity contribution in [1.82, 2.24) is 9.80 Å². The number of hydrogen-bond donors (Lipinski definition) is 0. The summed E-state index contributed by atoms with van der Waals surface area (Å²) in [5.41, 5.74) is 1.36. The molecule has 2 fully saturated rings. The van der Waals surface area contributed by atoms with Crippen LogP contribution in [0.2, 0.25) is 0 Å². The molecule has 1 aliphatic carbocycles. The normalized spacial score (nSPS) is 24.3. The third-order valence-corrected chi connectivity index (χ3v) is 5.20. The van der Waals surface area contributed by atoms with Gasteiger partial charge in [-0.3, -0.25) is 9.69 Å². The van der Waals surface area contributed by atoms with Gasteiger partial charge >= 0.3 is 0 Å². The Morgan fingerprint density at radius 2 is 1.95 bits per heavy atom. The van der Waals surface area contributed by atoms with Gasteiger partial charge in [0.05, 0.1) is 0 Å². The van der Waals surface area contributed by atoms with Gasteiger partial charge in [0, 0.05) is 38.6 Å². The molecule has 0 bridgehead atoms. The number of rotatable bonds is 5. The Kier molecular flexibility index (Phi) is 4.82. The molecule has 120 valence electrons. The molecule has 1 amide bonds. The third-order valence-electron chi connectivity index (χ3n) is 5.20. The molecule has 2 aliphatic rings. The second-order valence-electron chi connectivity index (χ2n) is 7.18. The number of carbonyl (C=O) groups is 1. The number of piperazine rings is 1. The molecule has 0 spiro atoms. The monoisotopic (exact) mass is 300 g/mol.